The lowest BCUT2D eigenvalue weighted by Gasteiger charge is -2.21. The predicted molar refractivity (Wildman–Crippen MR) is 176 cm³/mol. The van der Waals surface area contributed by atoms with Gasteiger partial charge in [-0.3, -0.25) is 0 Å². The maximum Gasteiger partial charge on any atom is 0.136 e. The topological polar surface area (TPSA) is 41.9 Å². The molecule has 0 unspecified atom stereocenters. The Morgan fingerprint density at radius 3 is 2.02 bits per heavy atom. The molecule has 3 heteroatoms. The van der Waals surface area contributed by atoms with E-state index in [4.69, 9.17) is 4.42 Å². The number of hydrogen-bond acceptors (Lipinski definition) is 2. The Kier molecular flexibility index (Phi) is 4.74. The van der Waals surface area contributed by atoms with Crippen molar-refractivity contribution in [3.05, 3.63) is 138 Å². The summed E-state index contributed by atoms with van der Waals surface area (Å²) in [5.74, 6) is 0. The Hall–Kier alpha value is -5.59. The van der Waals surface area contributed by atoms with Crippen LogP contribution < -0.4 is 0 Å². The smallest absolute Gasteiger partial charge is 0.136 e. The Morgan fingerprint density at radius 2 is 1.26 bits per heavy atom. The quantitative estimate of drug-likeness (QED) is 0.215. The molecule has 1 aliphatic rings. The fraction of sp³-hybridized carbons (Fsp3) is 0.0750. The molecule has 3 nitrogen and oxygen atoms in total. The van der Waals surface area contributed by atoms with Crippen LogP contribution in [-0.4, -0.2) is 4.57 Å². The Balaban J connectivity index is 1.29. The van der Waals surface area contributed by atoms with Gasteiger partial charge in [-0.2, -0.15) is 5.26 Å². The van der Waals surface area contributed by atoms with Crippen LogP contribution in [0, 0.1) is 11.3 Å². The molecule has 0 bridgehead atoms. The largest absolute Gasteiger partial charge is 0.456 e. The van der Waals surface area contributed by atoms with Gasteiger partial charge in [-0.15, -0.1) is 0 Å². The van der Waals surface area contributed by atoms with Crippen LogP contribution >= 0.6 is 0 Å². The summed E-state index contributed by atoms with van der Waals surface area (Å²) in [7, 11) is 0. The zero-order valence-electron chi connectivity index (χ0n) is 23.8. The first kappa shape index (κ1) is 24.1. The molecule has 2 aromatic heterocycles. The standard InChI is InChI=1S/C40H26N2O/c1-40(2)33-15-6-3-11-27(33)31-21-32-30-19-18-24(20-37(30)43-38(32)22-34(31)40)26-14-9-10-25(23-41)39(26)42-35-16-7-4-12-28(35)29-13-5-8-17-36(29)42/h3-22H,1-2H3. The van der Waals surface area contributed by atoms with Crippen molar-refractivity contribution in [3.63, 3.8) is 0 Å². The highest BCUT2D eigenvalue weighted by Gasteiger charge is 2.36. The van der Waals surface area contributed by atoms with Crippen molar-refractivity contribution in [2.24, 2.45) is 0 Å². The number of benzene rings is 6. The van der Waals surface area contributed by atoms with Gasteiger partial charge in [0.2, 0.25) is 0 Å². The normalized spacial score (nSPS) is 13.5. The van der Waals surface area contributed by atoms with Crippen LogP contribution in [0.5, 0.6) is 0 Å². The number of furan rings is 1. The first-order valence-electron chi connectivity index (χ1n) is 14.7. The van der Waals surface area contributed by atoms with Crippen molar-refractivity contribution < 1.29 is 4.42 Å². The molecule has 0 N–H and O–H groups in total. The van der Waals surface area contributed by atoms with Gasteiger partial charge in [-0.05, 0) is 70.3 Å². The van der Waals surface area contributed by atoms with Gasteiger partial charge in [0.05, 0.1) is 22.3 Å². The van der Waals surface area contributed by atoms with E-state index in [0.717, 1.165) is 49.8 Å². The summed E-state index contributed by atoms with van der Waals surface area (Å²) in [6, 6.07) is 45.0. The van der Waals surface area contributed by atoms with Crippen molar-refractivity contribution in [2.45, 2.75) is 19.3 Å². The number of nitrogens with zero attached hydrogens (tertiary/aromatic N) is 2. The van der Waals surface area contributed by atoms with Gasteiger partial charge in [-0.1, -0.05) is 92.7 Å². The van der Waals surface area contributed by atoms with Gasteiger partial charge < -0.3 is 8.98 Å². The average Bonchev–Trinajstić information content (AvgIpc) is 3.65. The molecule has 202 valence electrons. The summed E-state index contributed by atoms with van der Waals surface area (Å²) in [5.41, 5.74) is 12.6. The fourth-order valence-electron chi connectivity index (χ4n) is 7.41. The average molecular weight is 551 g/mol. The van der Waals surface area contributed by atoms with E-state index in [1.807, 2.05) is 12.1 Å². The zero-order chi connectivity index (χ0) is 28.9. The number of hydrogen-bond donors (Lipinski definition) is 0. The minimum absolute atomic E-state index is 0.0841. The van der Waals surface area contributed by atoms with Gasteiger partial charge in [0.1, 0.15) is 17.2 Å². The van der Waals surface area contributed by atoms with E-state index in [-0.39, 0.29) is 5.41 Å². The molecular formula is C40H26N2O. The summed E-state index contributed by atoms with van der Waals surface area (Å²) < 4.78 is 8.83. The number of fused-ring (bicyclic) bond motifs is 9. The molecule has 2 heterocycles. The van der Waals surface area contributed by atoms with Crippen molar-refractivity contribution in [3.8, 4) is 34.0 Å². The SMILES string of the molecule is CC1(C)c2ccccc2-c2cc3c(cc21)oc1cc(-c2cccc(C#N)c2-n2c4ccccc4c4ccccc42)ccc13. The molecule has 0 saturated carbocycles. The van der Waals surface area contributed by atoms with E-state index < -0.39 is 0 Å². The third kappa shape index (κ3) is 3.18. The van der Waals surface area contributed by atoms with Crippen LogP contribution in [-0.2, 0) is 5.41 Å². The predicted octanol–water partition coefficient (Wildman–Crippen LogP) is 10.5. The van der Waals surface area contributed by atoms with Crippen molar-refractivity contribution in [1.82, 2.24) is 4.57 Å². The Labute approximate surface area is 248 Å². The van der Waals surface area contributed by atoms with Crippen LogP contribution in [0.2, 0.25) is 0 Å². The van der Waals surface area contributed by atoms with Crippen molar-refractivity contribution >= 4 is 43.7 Å². The highest BCUT2D eigenvalue weighted by atomic mass is 16.3. The van der Waals surface area contributed by atoms with E-state index in [2.05, 4.69) is 134 Å². The van der Waals surface area contributed by atoms with Gasteiger partial charge >= 0.3 is 0 Å². The van der Waals surface area contributed by atoms with E-state index in [1.54, 1.807) is 0 Å². The molecule has 43 heavy (non-hydrogen) atoms. The summed E-state index contributed by atoms with van der Waals surface area (Å²) >= 11 is 0. The second-order valence-corrected chi connectivity index (χ2v) is 12.1. The maximum absolute atomic E-state index is 10.3. The van der Waals surface area contributed by atoms with Crippen molar-refractivity contribution in [2.75, 3.05) is 0 Å². The molecule has 0 amide bonds. The van der Waals surface area contributed by atoms with Crippen molar-refractivity contribution in [1.29, 1.82) is 5.26 Å². The zero-order valence-corrected chi connectivity index (χ0v) is 23.8. The van der Waals surface area contributed by atoms with Crippen LogP contribution in [0.25, 0.3) is 71.7 Å². The third-order valence-corrected chi connectivity index (χ3v) is 9.45. The summed E-state index contributed by atoms with van der Waals surface area (Å²) in [6.45, 7) is 4.59. The fourth-order valence-corrected chi connectivity index (χ4v) is 7.41. The molecule has 9 rings (SSSR count). The Bertz CT molecular complexity index is 2450. The second-order valence-electron chi connectivity index (χ2n) is 12.1. The molecule has 0 fully saturated rings. The van der Waals surface area contributed by atoms with E-state index in [0.29, 0.717) is 5.56 Å². The summed E-state index contributed by atoms with van der Waals surface area (Å²) in [4.78, 5) is 0. The molecule has 1 aliphatic carbocycles. The third-order valence-electron chi connectivity index (χ3n) is 9.45. The van der Waals surface area contributed by atoms with E-state index in [9.17, 15) is 5.26 Å². The number of rotatable bonds is 2. The monoisotopic (exact) mass is 550 g/mol. The number of para-hydroxylation sites is 3. The molecule has 8 aromatic rings. The molecule has 0 radical (unpaired) electrons. The molecule has 6 aromatic carbocycles. The van der Waals surface area contributed by atoms with Gasteiger partial charge in [-0.25, -0.2) is 0 Å². The minimum atomic E-state index is -0.0841. The van der Waals surface area contributed by atoms with Gasteiger partial charge in [0.25, 0.3) is 0 Å². The van der Waals surface area contributed by atoms with Gasteiger partial charge in [0.15, 0.2) is 0 Å². The molecule has 0 saturated heterocycles. The molecular weight excluding hydrogens is 524 g/mol. The highest BCUT2D eigenvalue weighted by molar-refractivity contribution is 6.11. The molecule has 0 atom stereocenters. The van der Waals surface area contributed by atoms with Crippen LogP contribution in [0.3, 0.4) is 0 Å². The summed E-state index contributed by atoms with van der Waals surface area (Å²) in [6.07, 6.45) is 0. The Morgan fingerprint density at radius 1 is 0.581 bits per heavy atom. The lowest BCUT2D eigenvalue weighted by molar-refractivity contribution is 0.647. The second kappa shape index (κ2) is 8.47. The van der Waals surface area contributed by atoms with Crippen LogP contribution in [0.15, 0.2) is 126 Å². The van der Waals surface area contributed by atoms with Crippen LogP contribution in [0.4, 0.5) is 0 Å². The van der Waals surface area contributed by atoms with E-state index in [1.165, 1.54) is 33.0 Å². The van der Waals surface area contributed by atoms with Crippen LogP contribution in [0.1, 0.15) is 30.5 Å². The highest BCUT2D eigenvalue weighted by Crippen LogP contribution is 2.51. The maximum atomic E-state index is 10.3. The minimum Gasteiger partial charge on any atom is -0.456 e. The van der Waals surface area contributed by atoms with E-state index >= 15 is 0 Å². The summed E-state index contributed by atoms with van der Waals surface area (Å²) in [5, 5.41) is 14.9. The van der Waals surface area contributed by atoms with Gasteiger partial charge in [0, 0.05) is 32.5 Å². The number of nitriles is 1. The number of aromatic nitrogens is 1. The first-order chi connectivity index (χ1) is 21.0. The molecule has 0 spiro atoms. The lowest BCUT2D eigenvalue weighted by Crippen LogP contribution is -2.14. The molecule has 0 aliphatic heterocycles. The lowest BCUT2D eigenvalue weighted by atomic mass is 9.82. The first-order valence-corrected chi connectivity index (χ1v) is 14.7.